The molecule has 1 N–H and O–H groups in total. The van der Waals surface area contributed by atoms with Crippen LogP contribution in [-0.2, 0) is 0 Å². The number of rotatable bonds is 5. The highest BCUT2D eigenvalue weighted by molar-refractivity contribution is 5.01. The van der Waals surface area contributed by atoms with Gasteiger partial charge in [0, 0.05) is 6.42 Å². The van der Waals surface area contributed by atoms with Crippen molar-refractivity contribution in [3.8, 4) is 0 Å². The number of aliphatic hydroxyl groups is 1. The molecule has 20 heavy (non-hydrogen) atoms. The Labute approximate surface area is 118 Å². The molecule has 1 atom stereocenters. The van der Waals surface area contributed by atoms with Gasteiger partial charge in [-0.25, -0.2) is 0 Å². The van der Waals surface area contributed by atoms with Gasteiger partial charge in [-0.3, -0.25) is 0 Å². The molecule has 0 aliphatic heterocycles. The highest BCUT2D eigenvalue weighted by Gasteiger charge is 2.51. The average molecular weight is 290 g/mol. The first-order valence-electron chi connectivity index (χ1n) is 8.08. The fourth-order valence-corrected chi connectivity index (χ4v) is 5.68. The van der Waals surface area contributed by atoms with Crippen LogP contribution in [0.15, 0.2) is 0 Å². The standard InChI is InChI=1S/C16H25F3O/c17-16(18,19)3-1-2-14(20)10-15-7-11-4-12(8-15)6-13(5-11)9-15/h11-14,20H,1-10H2. The van der Waals surface area contributed by atoms with Crippen molar-refractivity contribution in [1.82, 2.24) is 0 Å². The summed E-state index contributed by atoms with van der Waals surface area (Å²) in [5.74, 6) is 2.51. The Kier molecular flexibility index (Phi) is 3.81. The van der Waals surface area contributed by atoms with Crippen molar-refractivity contribution in [1.29, 1.82) is 0 Å². The lowest BCUT2D eigenvalue weighted by molar-refractivity contribution is -0.137. The van der Waals surface area contributed by atoms with Crippen LogP contribution < -0.4 is 0 Å². The van der Waals surface area contributed by atoms with E-state index in [1.807, 2.05) is 0 Å². The minimum atomic E-state index is -4.08. The van der Waals surface area contributed by atoms with Crippen LogP contribution in [0.5, 0.6) is 0 Å². The van der Waals surface area contributed by atoms with E-state index in [1.54, 1.807) is 0 Å². The molecule has 4 heteroatoms. The first-order valence-corrected chi connectivity index (χ1v) is 8.08. The largest absolute Gasteiger partial charge is 0.393 e. The van der Waals surface area contributed by atoms with Gasteiger partial charge in [0.05, 0.1) is 6.10 Å². The minimum absolute atomic E-state index is 0.0665. The Morgan fingerprint density at radius 2 is 1.50 bits per heavy atom. The van der Waals surface area contributed by atoms with Crippen molar-refractivity contribution < 1.29 is 18.3 Å². The van der Waals surface area contributed by atoms with Gasteiger partial charge in [0.1, 0.15) is 0 Å². The molecule has 0 aromatic carbocycles. The van der Waals surface area contributed by atoms with Gasteiger partial charge in [-0.05, 0) is 81.0 Å². The van der Waals surface area contributed by atoms with Crippen LogP contribution >= 0.6 is 0 Å². The summed E-state index contributed by atoms with van der Waals surface area (Å²) in [5, 5.41) is 10.1. The fraction of sp³-hybridized carbons (Fsp3) is 1.00. The Morgan fingerprint density at radius 1 is 1.00 bits per heavy atom. The van der Waals surface area contributed by atoms with Gasteiger partial charge in [0.15, 0.2) is 0 Å². The SMILES string of the molecule is OC(CCCC(F)(F)F)CC12CC3CC(CC(C3)C1)C2. The Bertz CT molecular complexity index is 315. The molecule has 0 radical (unpaired) electrons. The van der Waals surface area contributed by atoms with E-state index in [4.69, 9.17) is 0 Å². The molecule has 4 aliphatic carbocycles. The molecule has 4 fully saturated rings. The van der Waals surface area contributed by atoms with Crippen LogP contribution in [0.2, 0.25) is 0 Å². The molecule has 4 saturated carbocycles. The molecule has 0 aromatic rings. The predicted molar refractivity (Wildman–Crippen MR) is 71.1 cm³/mol. The minimum Gasteiger partial charge on any atom is -0.393 e. The van der Waals surface area contributed by atoms with Crippen LogP contribution in [0.3, 0.4) is 0 Å². The quantitative estimate of drug-likeness (QED) is 0.779. The zero-order chi connectivity index (χ0) is 14.4. The summed E-state index contributed by atoms with van der Waals surface area (Å²) >= 11 is 0. The van der Waals surface area contributed by atoms with Crippen LogP contribution in [0, 0.1) is 23.2 Å². The summed E-state index contributed by atoms with van der Waals surface area (Å²) in [4.78, 5) is 0. The first kappa shape index (κ1) is 14.7. The molecule has 116 valence electrons. The van der Waals surface area contributed by atoms with Gasteiger partial charge in [0.25, 0.3) is 0 Å². The van der Waals surface area contributed by atoms with Crippen molar-refractivity contribution >= 4 is 0 Å². The van der Waals surface area contributed by atoms with Crippen molar-refractivity contribution in [2.45, 2.75) is 76.5 Å². The van der Waals surface area contributed by atoms with Crippen molar-refractivity contribution in [2.75, 3.05) is 0 Å². The summed E-state index contributed by atoms with van der Waals surface area (Å²) in [6.45, 7) is 0. The molecule has 0 aromatic heterocycles. The molecule has 4 bridgehead atoms. The smallest absolute Gasteiger partial charge is 0.389 e. The summed E-state index contributed by atoms with van der Waals surface area (Å²) in [7, 11) is 0. The second kappa shape index (κ2) is 5.19. The number of hydrogen-bond acceptors (Lipinski definition) is 1. The normalized spacial score (nSPS) is 41.1. The molecule has 4 rings (SSSR count). The maximum Gasteiger partial charge on any atom is 0.389 e. The fourth-order valence-electron chi connectivity index (χ4n) is 5.68. The van der Waals surface area contributed by atoms with Gasteiger partial charge >= 0.3 is 6.18 Å². The lowest BCUT2D eigenvalue weighted by Crippen LogP contribution is -2.47. The predicted octanol–water partition coefficient (Wildman–Crippen LogP) is 4.69. The van der Waals surface area contributed by atoms with Crippen molar-refractivity contribution in [3.63, 3.8) is 0 Å². The Morgan fingerprint density at radius 3 is 1.95 bits per heavy atom. The monoisotopic (exact) mass is 290 g/mol. The summed E-state index contributed by atoms with van der Waals surface area (Å²) < 4.78 is 36.4. The second-order valence-corrected chi connectivity index (χ2v) is 7.78. The van der Waals surface area contributed by atoms with Crippen LogP contribution in [-0.4, -0.2) is 17.4 Å². The number of alkyl halides is 3. The van der Waals surface area contributed by atoms with E-state index in [-0.39, 0.29) is 11.8 Å². The van der Waals surface area contributed by atoms with Crippen molar-refractivity contribution in [3.05, 3.63) is 0 Å². The highest BCUT2D eigenvalue weighted by atomic mass is 19.4. The van der Waals surface area contributed by atoms with E-state index in [1.165, 1.54) is 38.5 Å². The van der Waals surface area contributed by atoms with Crippen molar-refractivity contribution in [2.24, 2.45) is 23.2 Å². The van der Waals surface area contributed by atoms with E-state index < -0.39 is 18.7 Å². The van der Waals surface area contributed by atoms with Crippen LogP contribution in [0.4, 0.5) is 13.2 Å². The number of halogens is 3. The van der Waals surface area contributed by atoms with Gasteiger partial charge < -0.3 is 5.11 Å². The molecular weight excluding hydrogens is 265 g/mol. The first-order chi connectivity index (χ1) is 9.34. The third-order valence-electron chi connectivity index (χ3n) is 5.83. The van der Waals surface area contributed by atoms with E-state index in [9.17, 15) is 18.3 Å². The zero-order valence-electron chi connectivity index (χ0n) is 12.0. The maximum atomic E-state index is 12.1. The zero-order valence-corrected chi connectivity index (χ0v) is 12.0. The number of aliphatic hydroxyl groups excluding tert-OH is 1. The third kappa shape index (κ3) is 3.32. The van der Waals surface area contributed by atoms with Gasteiger partial charge in [-0.2, -0.15) is 13.2 Å². The van der Waals surface area contributed by atoms with Gasteiger partial charge in [0.2, 0.25) is 0 Å². The van der Waals surface area contributed by atoms with Gasteiger partial charge in [-0.1, -0.05) is 0 Å². The maximum absolute atomic E-state index is 12.1. The topological polar surface area (TPSA) is 20.2 Å². The van der Waals surface area contributed by atoms with E-state index >= 15 is 0 Å². The molecule has 0 saturated heterocycles. The molecule has 1 nitrogen and oxygen atoms in total. The summed E-state index contributed by atoms with van der Waals surface area (Å²) in [6.07, 6.45) is 3.49. The van der Waals surface area contributed by atoms with E-state index in [0.717, 1.165) is 24.2 Å². The van der Waals surface area contributed by atoms with E-state index in [2.05, 4.69) is 0 Å². The molecule has 0 amide bonds. The lowest BCUT2D eigenvalue weighted by Gasteiger charge is -2.57. The third-order valence-corrected chi connectivity index (χ3v) is 5.83. The Hall–Kier alpha value is -0.250. The van der Waals surface area contributed by atoms with Crippen LogP contribution in [0.1, 0.15) is 64.2 Å². The highest BCUT2D eigenvalue weighted by Crippen LogP contribution is 2.61. The molecule has 0 spiro atoms. The molecule has 4 aliphatic rings. The second-order valence-electron chi connectivity index (χ2n) is 7.78. The molecule has 0 heterocycles. The van der Waals surface area contributed by atoms with E-state index in [0.29, 0.717) is 6.42 Å². The summed E-state index contributed by atoms with van der Waals surface area (Å²) in [5.41, 5.74) is 0.270. The molecule has 1 unspecified atom stereocenters. The summed E-state index contributed by atoms with van der Waals surface area (Å²) in [6, 6.07) is 0. The lowest BCUT2D eigenvalue weighted by atomic mass is 9.48. The molecular formula is C16H25F3O. The van der Waals surface area contributed by atoms with Gasteiger partial charge in [-0.15, -0.1) is 0 Å². The Balaban J connectivity index is 1.50. The number of hydrogen-bond donors (Lipinski definition) is 1. The van der Waals surface area contributed by atoms with Crippen LogP contribution in [0.25, 0.3) is 0 Å². The average Bonchev–Trinajstić information content (AvgIpc) is 2.23.